The van der Waals surface area contributed by atoms with Crippen LogP contribution in [0, 0.1) is 11.3 Å². The van der Waals surface area contributed by atoms with Gasteiger partial charge in [-0.05, 0) is 42.5 Å². The number of hydrogen-bond acceptors (Lipinski definition) is 6. The summed E-state index contributed by atoms with van der Waals surface area (Å²) in [5.41, 5.74) is 1.26. The van der Waals surface area contributed by atoms with Crippen LogP contribution in [0.15, 0.2) is 65.6 Å². The van der Waals surface area contributed by atoms with Crippen LogP contribution in [0.25, 0.3) is 6.08 Å². The third-order valence-electron chi connectivity index (χ3n) is 4.08. The highest BCUT2D eigenvalue weighted by Gasteiger charge is 2.18. The molecule has 2 aromatic carbocycles. The van der Waals surface area contributed by atoms with E-state index in [0.717, 1.165) is 0 Å². The van der Waals surface area contributed by atoms with E-state index in [1.165, 1.54) is 53.5 Å². The van der Waals surface area contributed by atoms with Crippen molar-refractivity contribution in [1.82, 2.24) is 4.98 Å². The van der Waals surface area contributed by atoms with Gasteiger partial charge >= 0.3 is 5.97 Å². The summed E-state index contributed by atoms with van der Waals surface area (Å²) in [4.78, 5) is 41.3. The number of carboxylic acid groups (broad SMARTS) is 1. The van der Waals surface area contributed by atoms with Crippen LogP contribution in [0.2, 0.25) is 0 Å². The summed E-state index contributed by atoms with van der Waals surface area (Å²) in [6.07, 6.45) is 1.32. The number of carbonyl (C=O) groups excluding carboxylic acids is 2. The zero-order valence-electron chi connectivity index (χ0n) is 16.3. The second kappa shape index (κ2) is 9.47. The summed E-state index contributed by atoms with van der Waals surface area (Å²) >= 11 is 1.21. The molecule has 0 bridgehead atoms. The lowest BCUT2D eigenvalue weighted by Crippen LogP contribution is -2.22. The van der Waals surface area contributed by atoms with Gasteiger partial charge in [0.25, 0.3) is 5.91 Å². The molecule has 0 atom stereocenters. The average Bonchev–Trinajstić information content (AvgIpc) is 3.20. The summed E-state index contributed by atoms with van der Waals surface area (Å²) in [6, 6.07) is 16.4. The molecule has 2 amide bonds. The van der Waals surface area contributed by atoms with Crippen LogP contribution < -0.4 is 10.2 Å². The number of rotatable bonds is 6. The number of thiazole rings is 1. The Kier molecular flexibility index (Phi) is 6.54. The van der Waals surface area contributed by atoms with Gasteiger partial charge in [0.05, 0.1) is 16.9 Å². The summed E-state index contributed by atoms with van der Waals surface area (Å²) < 4.78 is 0. The van der Waals surface area contributed by atoms with E-state index in [1.807, 2.05) is 12.1 Å². The number of benzene rings is 2. The number of nitrogens with one attached hydrogen (secondary N) is 1. The van der Waals surface area contributed by atoms with Crippen LogP contribution >= 0.6 is 11.3 Å². The Hall–Kier alpha value is -4.29. The van der Waals surface area contributed by atoms with E-state index in [-0.39, 0.29) is 17.0 Å². The molecule has 2 N–H and O–H groups in total. The first-order chi connectivity index (χ1) is 14.9. The maximum atomic E-state index is 12.4. The Morgan fingerprint density at radius 1 is 1.13 bits per heavy atom. The van der Waals surface area contributed by atoms with E-state index in [2.05, 4.69) is 10.3 Å². The van der Waals surface area contributed by atoms with Gasteiger partial charge in [-0.3, -0.25) is 14.5 Å². The van der Waals surface area contributed by atoms with Gasteiger partial charge in [-0.2, -0.15) is 5.26 Å². The molecule has 0 aliphatic rings. The highest BCUT2D eigenvalue weighted by atomic mass is 32.1. The monoisotopic (exact) mass is 432 g/mol. The number of nitrogens with zero attached hydrogens (tertiary/aromatic N) is 3. The Balaban J connectivity index is 1.80. The predicted octanol–water partition coefficient (Wildman–Crippen LogP) is 4.07. The van der Waals surface area contributed by atoms with Gasteiger partial charge in [0.2, 0.25) is 5.91 Å². The van der Waals surface area contributed by atoms with Crippen molar-refractivity contribution in [2.75, 3.05) is 10.2 Å². The fourth-order valence-electron chi connectivity index (χ4n) is 2.64. The Labute approximate surface area is 181 Å². The van der Waals surface area contributed by atoms with Crippen LogP contribution in [0.5, 0.6) is 0 Å². The molecule has 1 aromatic heterocycles. The molecule has 0 unspecified atom stereocenters. The molecule has 0 aliphatic heterocycles. The van der Waals surface area contributed by atoms with E-state index in [0.29, 0.717) is 22.2 Å². The lowest BCUT2D eigenvalue weighted by molar-refractivity contribution is -0.116. The molecule has 1 heterocycles. The highest BCUT2D eigenvalue weighted by molar-refractivity contribution is 7.14. The van der Waals surface area contributed by atoms with Crippen molar-refractivity contribution < 1.29 is 19.5 Å². The molecule has 3 aromatic rings. The topological polar surface area (TPSA) is 123 Å². The minimum atomic E-state index is -1.08. The first-order valence-electron chi connectivity index (χ1n) is 8.97. The minimum absolute atomic E-state index is 0.0810. The van der Waals surface area contributed by atoms with Gasteiger partial charge in [-0.15, -0.1) is 11.3 Å². The number of aromatic carboxylic acids is 1. The van der Waals surface area contributed by atoms with Crippen LogP contribution in [-0.2, 0) is 9.59 Å². The first-order valence-corrected chi connectivity index (χ1v) is 9.85. The van der Waals surface area contributed by atoms with Crippen molar-refractivity contribution in [3.8, 4) is 6.07 Å². The number of para-hydroxylation sites is 1. The number of amides is 2. The standard InChI is InChI=1S/C22H16N4O4S/c1-14(27)26(19-5-3-2-4-6-19)22-25-18(13-31-22)11-16(12-23)20(28)24-17-9-7-15(8-10-17)21(29)30/h2-11,13H,1H3,(H,24,28)(H,29,30)/b16-11+. The molecular weight excluding hydrogens is 416 g/mol. The van der Waals surface area contributed by atoms with E-state index in [9.17, 15) is 19.6 Å². The average molecular weight is 432 g/mol. The smallest absolute Gasteiger partial charge is 0.335 e. The number of nitriles is 1. The van der Waals surface area contributed by atoms with Crippen LogP contribution in [0.3, 0.4) is 0 Å². The Morgan fingerprint density at radius 3 is 2.39 bits per heavy atom. The fraction of sp³-hybridized carbons (Fsp3) is 0.0455. The first kappa shape index (κ1) is 21.4. The molecule has 0 saturated carbocycles. The number of carbonyl (C=O) groups is 3. The lowest BCUT2D eigenvalue weighted by atomic mass is 10.2. The molecule has 0 fully saturated rings. The molecular formula is C22H16N4O4S. The number of aromatic nitrogens is 1. The van der Waals surface area contributed by atoms with E-state index < -0.39 is 11.9 Å². The SMILES string of the molecule is CC(=O)N(c1ccccc1)c1nc(/C=C(\C#N)C(=O)Nc2ccc(C(=O)O)cc2)cs1. The van der Waals surface area contributed by atoms with Crippen molar-refractivity contribution in [3.05, 3.63) is 76.8 Å². The molecule has 0 saturated heterocycles. The van der Waals surface area contributed by atoms with Gasteiger partial charge < -0.3 is 10.4 Å². The highest BCUT2D eigenvalue weighted by Crippen LogP contribution is 2.29. The fourth-order valence-corrected chi connectivity index (χ4v) is 3.48. The molecule has 0 radical (unpaired) electrons. The number of anilines is 3. The molecule has 0 aliphatic carbocycles. The summed E-state index contributed by atoms with van der Waals surface area (Å²) in [5.74, 6) is -1.96. The molecule has 31 heavy (non-hydrogen) atoms. The molecule has 9 heteroatoms. The quantitative estimate of drug-likeness (QED) is 0.447. The van der Waals surface area contributed by atoms with Crippen molar-refractivity contribution in [2.45, 2.75) is 6.92 Å². The second-order valence-corrected chi connectivity index (χ2v) is 7.09. The van der Waals surface area contributed by atoms with E-state index in [4.69, 9.17) is 5.11 Å². The number of carboxylic acids is 1. The maximum absolute atomic E-state index is 12.4. The molecule has 154 valence electrons. The lowest BCUT2D eigenvalue weighted by Gasteiger charge is -2.17. The minimum Gasteiger partial charge on any atom is -0.478 e. The summed E-state index contributed by atoms with van der Waals surface area (Å²) in [6.45, 7) is 1.42. The van der Waals surface area contributed by atoms with Crippen LogP contribution in [-0.4, -0.2) is 27.9 Å². The van der Waals surface area contributed by atoms with Crippen LogP contribution in [0.1, 0.15) is 23.0 Å². The van der Waals surface area contributed by atoms with Crippen molar-refractivity contribution in [3.63, 3.8) is 0 Å². The maximum Gasteiger partial charge on any atom is 0.335 e. The van der Waals surface area contributed by atoms with Gasteiger partial charge in [-0.25, -0.2) is 9.78 Å². The summed E-state index contributed by atoms with van der Waals surface area (Å²) in [7, 11) is 0. The third kappa shape index (κ3) is 5.20. The van der Waals surface area contributed by atoms with E-state index >= 15 is 0 Å². The van der Waals surface area contributed by atoms with Gasteiger partial charge in [0.1, 0.15) is 11.6 Å². The molecule has 3 rings (SSSR count). The van der Waals surface area contributed by atoms with Crippen LogP contribution in [0.4, 0.5) is 16.5 Å². The predicted molar refractivity (Wildman–Crippen MR) is 117 cm³/mol. The zero-order chi connectivity index (χ0) is 22.4. The Morgan fingerprint density at radius 2 is 1.81 bits per heavy atom. The van der Waals surface area contributed by atoms with Gasteiger partial charge in [0.15, 0.2) is 5.13 Å². The normalized spacial score (nSPS) is 10.8. The van der Waals surface area contributed by atoms with Crippen molar-refractivity contribution >= 4 is 51.7 Å². The van der Waals surface area contributed by atoms with E-state index in [1.54, 1.807) is 29.6 Å². The number of hydrogen-bond donors (Lipinski definition) is 2. The van der Waals surface area contributed by atoms with Crippen molar-refractivity contribution in [2.24, 2.45) is 0 Å². The van der Waals surface area contributed by atoms with Crippen molar-refractivity contribution in [1.29, 1.82) is 5.26 Å². The second-order valence-electron chi connectivity index (χ2n) is 6.25. The molecule has 8 nitrogen and oxygen atoms in total. The Bertz CT molecular complexity index is 1190. The van der Waals surface area contributed by atoms with Gasteiger partial charge in [-0.1, -0.05) is 18.2 Å². The largest absolute Gasteiger partial charge is 0.478 e. The summed E-state index contributed by atoms with van der Waals surface area (Å²) in [5, 5.41) is 22.9. The zero-order valence-corrected chi connectivity index (χ0v) is 17.1. The van der Waals surface area contributed by atoms with Gasteiger partial charge in [0, 0.05) is 18.0 Å². The molecule has 0 spiro atoms. The third-order valence-corrected chi connectivity index (χ3v) is 4.92.